The van der Waals surface area contributed by atoms with Crippen molar-refractivity contribution in [1.82, 2.24) is 14.3 Å². The Morgan fingerprint density at radius 2 is 2.00 bits per heavy atom. The number of anilines is 1. The summed E-state index contributed by atoms with van der Waals surface area (Å²) in [4.78, 5) is 20.1. The lowest BCUT2D eigenvalue weighted by Crippen LogP contribution is -2.38. The van der Waals surface area contributed by atoms with E-state index in [-0.39, 0.29) is 5.91 Å². The SMILES string of the molecule is CC(Cc1nsc(NC(=O)c2csc(-c3cccc(C(F)(F)F)c3)c2)n1)N1CCCCC1. The van der Waals surface area contributed by atoms with Gasteiger partial charge in [-0.05, 0) is 56.6 Å². The lowest BCUT2D eigenvalue weighted by atomic mass is 10.1. The molecule has 1 aromatic carbocycles. The van der Waals surface area contributed by atoms with Gasteiger partial charge in [-0.3, -0.25) is 10.1 Å². The lowest BCUT2D eigenvalue weighted by Gasteiger charge is -2.31. The first-order valence-electron chi connectivity index (χ1n) is 10.4. The van der Waals surface area contributed by atoms with Gasteiger partial charge in [-0.1, -0.05) is 18.6 Å². The molecule has 1 saturated heterocycles. The van der Waals surface area contributed by atoms with Gasteiger partial charge in [0.1, 0.15) is 5.82 Å². The van der Waals surface area contributed by atoms with Crippen LogP contribution in [-0.2, 0) is 12.6 Å². The van der Waals surface area contributed by atoms with Crippen LogP contribution in [0.5, 0.6) is 0 Å². The Balaban J connectivity index is 1.39. The minimum absolute atomic E-state index is 0.348. The van der Waals surface area contributed by atoms with E-state index >= 15 is 0 Å². The van der Waals surface area contributed by atoms with Crippen LogP contribution < -0.4 is 5.32 Å². The number of likely N-dealkylation sites (tertiary alicyclic amines) is 1. The van der Waals surface area contributed by atoms with Crippen LogP contribution in [0.1, 0.15) is 47.9 Å². The first-order chi connectivity index (χ1) is 15.3. The van der Waals surface area contributed by atoms with Gasteiger partial charge < -0.3 is 4.90 Å². The molecule has 1 atom stereocenters. The minimum Gasteiger partial charge on any atom is -0.300 e. The summed E-state index contributed by atoms with van der Waals surface area (Å²) in [5.74, 6) is 0.351. The molecule has 1 fully saturated rings. The fourth-order valence-electron chi connectivity index (χ4n) is 3.76. The molecular weight excluding hydrogens is 457 g/mol. The average molecular weight is 481 g/mol. The molecule has 0 bridgehead atoms. The van der Waals surface area contributed by atoms with Gasteiger partial charge >= 0.3 is 6.18 Å². The summed E-state index contributed by atoms with van der Waals surface area (Å²) in [6.45, 7) is 4.37. The van der Waals surface area contributed by atoms with E-state index in [4.69, 9.17) is 0 Å². The maximum atomic E-state index is 13.0. The van der Waals surface area contributed by atoms with Gasteiger partial charge in [-0.25, -0.2) is 4.98 Å². The molecule has 0 saturated carbocycles. The average Bonchev–Trinajstić information content (AvgIpc) is 3.44. The number of nitrogens with one attached hydrogen (secondary N) is 1. The third-order valence-electron chi connectivity index (χ3n) is 5.52. The third-order valence-corrected chi connectivity index (χ3v) is 7.16. The zero-order valence-electron chi connectivity index (χ0n) is 17.5. The van der Waals surface area contributed by atoms with Gasteiger partial charge in [0.2, 0.25) is 5.13 Å². The molecule has 32 heavy (non-hydrogen) atoms. The Morgan fingerprint density at radius 3 is 2.75 bits per heavy atom. The maximum absolute atomic E-state index is 13.0. The number of halogens is 3. The van der Waals surface area contributed by atoms with Crippen molar-refractivity contribution >= 4 is 33.9 Å². The molecule has 0 radical (unpaired) electrons. The second-order valence-corrected chi connectivity index (χ2v) is 9.56. The molecule has 3 heterocycles. The van der Waals surface area contributed by atoms with Crippen molar-refractivity contribution in [2.45, 2.75) is 44.8 Å². The van der Waals surface area contributed by atoms with E-state index in [0.717, 1.165) is 43.2 Å². The molecule has 1 aliphatic rings. The van der Waals surface area contributed by atoms with Crippen molar-refractivity contribution in [1.29, 1.82) is 0 Å². The number of benzene rings is 1. The van der Waals surface area contributed by atoms with Crippen molar-refractivity contribution < 1.29 is 18.0 Å². The quantitative estimate of drug-likeness (QED) is 0.473. The molecule has 5 nitrogen and oxygen atoms in total. The van der Waals surface area contributed by atoms with Gasteiger partial charge in [-0.15, -0.1) is 11.3 Å². The standard InChI is InChI=1S/C22H23F3N4OS2/c1-14(29-8-3-2-4-9-29)10-19-26-21(32-28-19)27-20(30)16-12-18(31-13-16)15-6-5-7-17(11-15)22(23,24)25/h5-7,11-14H,2-4,8-10H2,1H3,(H,26,27,28,30). The highest BCUT2D eigenvalue weighted by Gasteiger charge is 2.30. The highest BCUT2D eigenvalue weighted by molar-refractivity contribution is 7.14. The Kier molecular flexibility index (Phi) is 6.92. The monoisotopic (exact) mass is 480 g/mol. The van der Waals surface area contributed by atoms with E-state index in [0.29, 0.717) is 33.0 Å². The van der Waals surface area contributed by atoms with Gasteiger partial charge in [-0.2, -0.15) is 17.5 Å². The topological polar surface area (TPSA) is 58.1 Å². The fraction of sp³-hybridized carbons (Fsp3) is 0.409. The minimum atomic E-state index is -4.41. The number of amides is 1. The van der Waals surface area contributed by atoms with Crippen LogP contribution in [0.2, 0.25) is 0 Å². The number of piperidine rings is 1. The van der Waals surface area contributed by atoms with E-state index in [9.17, 15) is 18.0 Å². The van der Waals surface area contributed by atoms with Gasteiger partial charge in [0, 0.05) is 34.3 Å². The smallest absolute Gasteiger partial charge is 0.300 e. The summed E-state index contributed by atoms with van der Waals surface area (Å²) in [5.41, 5.74) is 0.0872. The molecule has 1 aliphatic heterocycles. The van der Waals surface area contributed by atoms with Crippen LogP contribution >= 0.6 is 22.9 Å². The molecule has 170 valence electrons. The number of hydrogen-bond donors (Lipinski definition) is 1. The first kappa shape index (κ1) is 22.9. The molecule has 4 rings (SSSR count). The summed E-state index contributed by atoms with van der Waals surface area (Å²) in [6, 6.07) is 7.03. The molecule has 1 N–H and O–H groups in total. The largest absolute Gasteiger partial charge is 0.416 e. The number of rotatable bonds is 6. The summed E-state index contributed by atoms with van der Waals surface area (Å²) < 4.78 is 43.3. The lowest BCUT2D eigenvalue weighted by molar-refractivity contribution is -0.137. The number of carbonyl (C=O) groups excluding carboxylic acids is 1. The van der Waals surface area contributed by atoms with Gasteiger partial charge in [0.15, 0.2) is 0 Å². The van der Waals surface area contributed by atoms with Gasteiger partial charge in [0.25, 0.3) is 5.91 Å². The number of thiophene rings is 1. The zero-order chi connectivity index (χ0) is 22.7. The molecule has 1 amide bonds. The van der Waals surface area contributed by atoms with E-state index in [1.165, 1.54) is 36.7 Å². The first-order valence-corrected chi connectivity index (χ1v) is 12.1. The summed E-state index contributed by atoms with van der Waals surface area (Å²) in [7, 11) is 0. The normalized spacial score (nSPS) is 16.1. The zero-order valence-corrected chi connectivity index (χ0v) is 19.1. The van der Waals surface area contributed by atoms with Crippen LogP contribution in [0.3, 0.4) is 0 Å². The summed E-state index contributed by atoms with van der Waals surface area (Å²) in [6.07, 6.45) is 0.0456. The molecule has 1 unspecified atom stereocenters. The number of aromatic nitrogens is 2. The highest BCUT2D eigenvalue weighted by atomic mass is 32.1. The predicted octanol–water partition coefficient (Wildman–Crippen LogP) is 5.95. The van der Waals surface area contributed by atoms with Crippen molar-refractivity contribution in [3.05, 3.63) is 52.7 Å². The van der Waals surface area contributed by atoms with E-state index < -0.39 is 11.7 Å². The van der Waals surface area contributed by atoms with Crippen LogP contribution in [0, 0.1) is 0 Å². The Labute approximate surface area is 192 Å². The predicted molar refractivity (Wildman–Crippen MR) is 121 cm³/mol. The molecule has 10 heteroatoms. The summed E-state index contributed by atoms with van der Waals surface area (Å²) >= 11 is 2.36. The van der Waals surface area contributed by atoms with E-state index in [2.05, 4.69) is 26.5 Å². The number of carbonyl (C=O) groups is 1. The molecule has 2 aromatic heterocycles. The van der Waals surface area contributed by atoms with E-state index in [1.807, 2.05) is 0 Å². The van der Waals surface area contributed by atoms with Crippen molar-refractivity contribution in [3.63, 3.8) is 0 Å². The van der Waals surface area contributed by atoms with Crippen LogP contribution in [0.15, 0.2) is 35.7 Å². The van der Waals surface area contributed by atoms with Crippen LogP contribution in [0.4, 0.5) is 18.3 Å². The maximum Gasteiger partial charge on any atom is 0.416 e. The number of hydrogen-bond acceptors (Lipinski definition) is 6. The van der Waals surface area contributed by atoms with Crippen LogP contribution in [0.25, 0.3) is 10.4 Å². The molecular formula is C22H23F3N4OS2. The molecule has 0 spiro atoms. The molecule has 3 aromatic rings. The van der Waals surface area contributed by atoms with Crippen molar-refractivity contribution in [2.75, 3.05) is 18.4 Å². The number of nitrogens with zero attached hydrogens (tertiary/aromatic N) is 3. The van der Waals surface area contributed by atoms with Crippen molar-refractivity contribution in [3.8, 4) is 10.4 Å². The summed E-state index contributed by atoms with van der Waals surface area (Å²) in [5, 5.41) is 4.80. The Morgan fingerprint density at radius 1 is 1.22 bits per heavy atom. The van der Waals surface area contributed by atoms with E-state index in [1.54, 1.807) is 17.5 Å². The van der Waals surface area contributed by atoms with Crippen LogP contribution in [-0.4, -0.2) is 39.3 Å². The van der Waals surface area contributed by atoms with Gasteiger partial charge in [0.05, 0.1) is 11.1 Å². The second kappa shape index (κ2) is 9.68. The number of alkyl halides is 3. The van der Waals surface area contributed by atoms with Crippen molar-refractivity contribution in [2.24, 2.45) is 0 Å². The Hall–Kier alpha value is -2.30. The second-order valence-electron chi connectivity index (χ2n) is 7.90. The molecule has 0 aliphatic carbocycles. The fourth-order valence-corrected chi connectivity index (χ4v) is 5.24. The third kappa shape index (κ3) is 5.54. The Bertz CT molecular complexity index is 1070. The highest BCUT2D eigenvalue weighted by Crippen LogP contribution is 2.34.